The van der Waals surface area contributed by atoms with Crippen LogP contribution in [0.25, 0.3) is 11.0 Å². The Balaban J connectivity index is 1.97. The Kier molecular flexibility index (Phi) is 3.88. The number of nitrogens with one attached hydrogen (secondary N) is 1. The Hall–Kier alpha value is -2.67. The standard InChI is InChI=1S/C17H17N3O3S/c1-11(21)13-5-4-6-15(9-13)24(22,23)19-14-7-8-17-16(10-14)18-12(2)20(17)3/h4-10,19H,1-3H3. The molecule has 3 rings (SSSR count). The van der Waals surface area contributed by atoms with Crippen molar-refractivity contribution < 1.29 is 13.2 Å². The average molecular weight is 343 g/mol. The molecule has 0 bridgehead atoms. The number of hydrogen-bond acceptors (Lipinski definition) is 4. The molecule has 1 N–H and O–H groups in total. The van der Waals surface area contributed by atoms with E-state index in [4.69, 9.17) is 0 Å². The van der Waals surface area contributed by atoms with Gasteiger partial charge in [-0.25, -0.2) is 13.4 Å². The number of aryl methyl sites for hydroxylation is 2. The monoisotopic (exact) mass is 343 g/mol. The molecular weight excluding hydrogens is 326 g/mol. The van der Waals surface area contributed by atoms with Crippen molar-refractivity contribution in [3.05, 3.63) is 53.9 Å². The van der Waals surface area contributed by atoms with Crippen LogP contribution in [0, 0.1) is 6.92 Å². The lowest BCUT2D eigenvalue weighted by atomic mass is 10.2. The molecule has 0 amide bonds. The maximum Gasteiger partial charge on any atom is 0.261 e. The summed E-state index contributed by atoms with van der Waals surface area (Å²) in [4.78, 5) is 15.9. The molecular formula is C17H17N3O3S. The number of rotatable bonds is 4. The molecule has 24 heavy (non-hydrogen) atoms. The number of ketones is 1. The van der Waals surface area contributed by atoms with E-state index in [0.29, 0.717) is 16.8 Å². The number of carbonyl (C=O) groups excluding carboxylic acids is 1. The van der Waals surface area contributed by atoms with Crippen molar-refractivity contribution in [2.75, 3.05) is 4.72 Å². The predicted octanol–water partition coefficient (Wildman–Crippen LogP) is 2.89. The first-order valence-corrected chi connectivity index (χ1v) is 8.83. The molecule has 0 aliphatic rings. The van der Waals surface area contributed by atoms with Crippen molar-refractivity contribution in [1.29, 1.82) is 0 Å². The minimum Gasteiger partial charge on any atom is -0.331 e. The molecule has 0 saturated carbocycles. The molecule has 6 nitrogen and oxygen atoms in total. The van der Waals surface area contributed by atoms with Crippen molar-refractivity contribution in [2.45, 2.75) is 18.7 Å². The van der Waals surface area contributed by atoms with Crippen molar-refractivity contribution in [2.24, 2.45) is 7.05 Å². The molecule has 0 saturated heterocycles. The van der Waals surface area contributed by atoms with E-state index in [1.165, 1.54) is 19.1 Å². The van der Waals surface area contributed by atoms with Gasteiger partial charge < -0.3 is 4.57 Å². The number of fused-ring (bicyclic) bond motifs is 1. The van der Waals surface area contributed by atoms with Crippen molar-refractivity contribution in [1.82, 2.24) is 9.55 Å². The molecule has 0 spiro atoms. The fourth-order valence-electron chi connectivity index (χ4n) is 2.48. The van der Waals surface area contributed by atoms with Crippen LogP contribution in [0.3, 0.4) is 0 Å². The average Bonchev–Trinajstić information content (AvgIpc) is 2.81. The molecule has 1 aromatic heterocycles. The second kappa shape index (κ2) is 5.76. The Morgan fingerprint density at radius 3 is 2.62 bits per heavy atom. The SMILES string of the molecule is CC(=O)c1cccc(S(=O)(=O)Nc2ccc3c(c2)nc(C)n3C)c1. The summed E-state index contributed by atoms with van der Waals surface area (Å²) in [5.41, 5.74) is 2.42. The van der Waals surface area contributed by atoms with E-state index in [2.05, 4.69) is 9.71 Å². The van der Waals surface area contributed by atoms with Gasteiger partial charge in [-0.1, -0.05) is 12.1 Å². The number of anilines is 1. The minimum absolute atomic E-state index is 0.0486. The topological polar surface area (TPSA) is 81.1 Å². The minimum atomic E-state index is -3.78. The third-order valence-corrected chi connectivity index (χ3v) is 5.29. The number of aromatic nitrogens is 2. The Morgan fingerprint density at radius 1 is 1.17 bits per heavy atom. The summed E-state index contributed by atoms with van der Waals surface area (Å²) in [5.74, 6) is 0.664. The summed E-state index contributed by atoms with van der Waals surface area (Å²) < 4.78 is 29.5. The van der Waals surface area contributed by atoms with Gasteiger partial charge in [0.2, 0.25) is 0 Å². The maximum absolute atomic E-state index is 12.5. The van der Waals surface area contributed by atoms with Crippen molar-refractivity contribution >= 4 is 32.5 Å². The third-order valence-electron chi connectivity index (χ3n) is 3.91. The second-order valence-corrected chi connectivity index (χ2v) is 7.29. The van der Waals surface area contributed by atoms with Crippen LogP contribution in [0.15, 0.2) is 47.4 Å². The van der Waals surface area contributed by atoms with E-state index < -0.39 is 10.0 Å². The lowest BCUT2D eigenvalue weighted by molar-refractivity contribution is 0.101. The fraction of sp³-hybridized carbons (Fsp3) is 0.176. The fourth-order valence-corrected chi connectivity index (χ4v) is 3.58. The summed E-state index contributed by atoms with van der Waals surface area (Å²) in [6.45, 7) is 3.29. The highest BCUT2D eigenvalue weighted by atomic mass is 32.2. The molecule has 7 heteroatoms. The summed E-state index contributed by atoms with van der Waals surface area (Å²) >= 11 is 0. The molecule has 0 unspecified atom stereocenters. The number of carbonyl (C=O) groups is 1. The van der Waals surface area contributed by atoms with Gasteiger partial charge in [0, 0.05) is 12.6 Å². The molecule has 0 radical (unpaired) electrons. The van der Waals surface area contributed by atoms with Crippen LogP contribution in [0.5, 0.6) is 0 Å². The van der Waals surface area contributed by atoms with Gasteiger partial charge in [0.05, 0.1) is 21.6 Å². The highest BCUT2D eigenvalue weighted by Crippen LogP contribution is 2.22. The van der Waals surface area contributed by atoms with Gasteiger partial charge in [0.25, 0.3) is 10.0 Å². The molecule has 0 aliphatic carbocycles. The lowest BCUT2D eigenvalue weighted by Gasteiger charge is -2.09. The zero-order chi connectivity index (χ0) is 17.5. The van der Waals surface area contributed by atoms with Crippen LogP contribution < -0.4 is 4.72 Å². The highest BCUT2D eigenvalue weighted by molar-refractivity contribution is 7.92. The van der Waals surface area contributed by atoms with E-state index in [0.717, 1.165) is 11.3 Å². The van der Waals surface area contributed by atoms with Crippen LogP contribution in [0.1, 0.15) is 23.1 Å². The maximum atomic E-state index is 12.5. The Morgan fingerprint density at radius 2 is 1.92 bits per heavy atom. The molecule has 0 atom stereocenters. The van der Waals surface area contributed by atoms with Gasteiger partial charge in [0.1, 0.15) is 5.82 Å². The normalized spacial score (nSPS) is 11.6. The third kappa shape index (κ3) is 2.90. The summed E-state index contributed by atoms with van der Waals surface area (Å²) in [6, 6.07) is 11.2. The van der Waals surface area contributed by atoms with Crippen LogP contribution in [-0.2, 0) is 17.1 Å². The van der Waals surface area contributed by atoms with Gasteiger partial charge in [0.15, 0.2) is 5.78 Å². The van der Waals surface area contributed by atoms with Crippen molar-refractivity contribution in [3.8, 4) is 0 Å². The van der Waals surface area contributed by atoms with Gasteiger partial charge in [-0.15, -0.1) is 0 Å². The molecule has 124 valence electrons. The summed E-state index contributed by atoms with van der Waals surface area (Å²) in [6.07, 6.45) is 0. The first-order chi connectivity index (χ1) is 11.3. The molecule has 0 aliphatic heterocycles. The lowest BCUT2D eigenvalue weighted by Crippen LogP contribution is -2.13. The molecule has 3 aromatic rings. The smallest absolute Gasteiger partial charge is 0.261 e. The Labute approximate surface area is 140 Å². The van der Waals surface area contributed by atoms with Gasteiger partial charge in [-0.2, -0.15) is 0 Å². The van der Waals surface area contributed by atoms with Gasteiger partial charge >= 0.3 is 0 Å². The van der Waals surface area contributed by atoms with Crippen LogP contribution >= 0.6 is 0 Å². The first kappa shape index (κ1) is 16.2. The first-order valence-electron chi connectivity index (χ1n) is 7.35. The number of nitrogens with zero attached hydrogens (tertiary/aromatic N) is 2. The number of Topliss-reactive ketones (excluding diaryl/α,β-unsaturated/α-hetero) is 1. The highest BCUT2D eigenvalue weighted by Gasteiger charge is 2.16. The van der Waals surface area contributed by atoms with Crippen molar-refractivity contribution in [3.63, 3.8) is 0 Å². The van der Waals surface area contributed by atoms with Gasteiger partial charge in [-0.3, -0.25) is 9.52 Å². The van der Waals surface area contributed by atoms with E-state index >= 15 is 0 Å². The van der Waals surface area contributed by atoms with E-state index in [-0.39, 0.29) is 10.7 Å². The van der Waals surface area contributed by atoms with E-state index in [1.54, 1.807) is 24.3 Å². The second-order valence-electron chi connectivity index (χ2n) is 5.61. The van der Waals surface area contributed by atoms with Crippen LogP contribution in [0.4, 0.5) is 5.69 Å². The Bertz CT molecular complexity index is 1050. The van der Waals surface area contributed by atoms with E-state index in [9.17, 15) is 13.2 Å². The summed E-state index contributed by atoms with van der Waals surface area (Å²) in [7, 11) is -1.87. The number of sulfonamides is 1. The molecule has 2 aromatic carbocycles. The van der Waals surface area contributed by atoms with Crippen LogP contribution in [-0.4, -0.2) is 23.8 Å². The number of hydrogen-bond donors (Lipinski definition) is 1. The largest absolute Gasteiger partial charge is 0.331 e. The van der Waals surface area contributed by atoms with E-state index in [1.807, 2.05) is 24.6 Å². The number of imidazole rings is 1. The zero-order valence-corrected chi connectivity index (χ0v) is 14.4. The zero-order valence-electron chi connectivity index (χ0n) is 13.6. The van der Waals surface area contributed by atoms with Crippen LogP contribution in [0.2, 0.25) is 0 Å². The quantitative estimate of drug-likeness (QED) is 0.739. The molecule has 1 heterocycles. The van der Waals surface area contributed by atoms with Gasteiger partial charge in [-0.05, 0) is 44.2 Å². The summed E-state index contributed by atoms with van der Waals surface area (Å²) in [5, 5.41) is 0. The number of benzene rings is 2. The molecule has 0 fully saturated rings. The predicted molar refractivity (Wildman–Crippen MR) is 92.7 cm³/mol.